The van der Waals surface area contributed by atoms with Crippen molar-refractivity contribution in [1.82, 2.24) is 4.98 Å². The average molecular weight is 249 g/mol. The van der Waals surface area contributed by atoms with Gasteiger partial charge >= 0.3 is 0 Å². The van der Waals surface area contributed by atoms with E-state index in [-0.39, 0.29) is 22.6 Å². The Morgan fingerprint density at radius 1 is 1.22 bits per heavy atom. The molecule has 0 fully saturated rings. The minimum absolute atomic E-state index is 0.0965. The van der Waals surface area contributed by atoms with E-state index in [1.165, 1.54) is 12.3 Å². The zero-order chi connectivity index (χ0) is 13.1. The third-order valence-electron chi connectivity index (χ3n) is 2.41. The Balaban J connectivity index is 2.45. The number of halogens is 2. The van der Waals surface area contributed by atoms with Crippen LogP contribution in [0.25, 0.3) is 0 Å². The number of carbonyl (C=O) groups excluding carboxylic acids is 1. The Morgan fingerprint density at radius 2 is 2.00 bits per heavy atom. The van der Waals surface area contributed by atoms with Gasteiger partial charge in [-0.25, -0.2) is 8.78 Å². The van der Waals surface area contributed by atoms with Crippen molar-refractivity contribution < 1.29 is 18.7 Å². The minimum atomic E-state index is -2.69. The van der Waals surface area contributed by atoms with Gasteiger partial charge in [-0.15, -0.1) is 0 Å². The standard InChI is InChI=1S/C13H9F2NO2/c14-13(15)8-4-5-11(17)9(7-8)12(18)10-3-1-2-6-16-10/h1-7,13,17H. The van der Waals surface area contributed by atoms with E-state index in [2.05, 4.69) is 4.98 Å². The molecule has 3 nitrogen and oxygen atoms in total. The highest BCUT2D eigenvalue weighted by atomic mass is 19.3. The molecule has 0 spiro atoms. The summed E-state index contributed by atoms with van der Waals surface area (Å²) in [5.74, 6) is -0.925. The van der Waals surface area contributed by atoms with Crippen molar-refractivity contribution in [3.8, 4) is 5.75 Å². The highest BCUT2D eigenvalue weighted by Crippen LogP contribution is 2.26. The summed E-state index contributed by atoms with van der Waals surface area (Å²) < 4.78 is 25.1. The van der Waals surface area contributed by atoms with Crippen LogP contribution in [0.5, 0.6) is 5.75 Å². The molecule has 0 atom stereocenters. The Bertz CT molecular complexity index is 570. The first-order valence-electron chi connectivity index (χ1n) is 5.16. The first-order valence-corrected chi connectivity index (χ1v) is 5.16. The topological polar surface area (TPSA) is 50.2 Å². The maximum Gasteiger partial charge on any atom is 0.263 e. The SMILES string of the molecule is O=C(c1ccccn1)c1cc(C(F)F)ccc1O. The molecule has 0 amide bonds. The molecule has 0 unspecified atom stereocenters. The van der Waals surface area contributed by atoms with E-state index in [9.17, 15) is 18.7 Å². The third kappa shape index (κ3) is 2.34. The number of rotatable bonds is 3. The molecule has 0 radical (unpaired) electrons. The lowest BCUT2D eigenvalue weighted by Gasteiger charge is -2.06. The van der Waals surface area contributed by atoms with Crippen LogP contribution in [-0.2, 0) is 0 Å². The summed E-state index contributed by atoms with van der Waals surface area (Å²) in [4.78, 5) is 15.8. The molecule has 2 rings (SSSR count). The van der Waals surface area contributed by atoms with Crippen molar-refractivity contribution in [3.05, 3.63) is 59.4 Å². The molecule has 18 heavy (non-hydrogen) atoms. The summed E-state index contributed by atoms with van der Waals surface area (Å²) in [6.07, 6.45) is -1.28. The quantitative estimate of drug-likeness (QED) is 0.851. The number of alkyl halides is 2. The van der Waals surface area contributed by atoms with Crippen molar-refractivity contribution in [3.63, 3.8) is 0 Å². The van der Waals surface area contributed by atoms with Crippen molar-refractivity contribution in [1.29, 1.82) is 0 Å². The molecule has 1 N–H and O–H groups in total. The van der Waals surface area contributed by atoms with Crippen molar-refractivity contribution in [2.75, 3.05) is 0 Å². The van der Waals surface area contributed by atoms with Crippen LogP contribution in [0.1, 0.15) is 28.0 Å². The van der Waals surface area contributed by atoms with Gasteiger partial charge in [-0.1, -0.05) is 6.07 Å². The number of nitrogens with zero attached hydrogens (tertiary/aromatic N) is 1. The summed E-state index contributed by atoms with van der Waals surface area (Å²) in [7, 11) is 0. The number of phenols is 1. The van der Waals surface area contributed by atoms with Crippen LogP contribution in [-0.4, -0.2) is 15.9 Å². The van der Waals surface area contributed by atoms with Crippen LogP contribution in [0.15, 0.2) is 42.6 Å². The van der Waals surface area contributed by atoms with Crippen LogP contribution in [0.3, 0.4) is 0 Å². The van der Waals surface area contributed by atoms with Gasteiger partial charge in [0, 0.05) is 11.8 Å². The second-order valence-electron chi connectivity index (χ2n) is 3.62. The van der Waals surface area contributed by atoms with Crippen molar-refractivity contribution in [2.24, 2.45) is 0 Å². The van der Waals surface area contributed by atoms with Crippen molar-refractivity contribution >= 4 is 5.78 Å². The summed E-state index contributed by atoms with van der Waals surface area (Å²) in [5, 5.41) is 9.55. The van der Waals surface area contributed by atoms with Crippen LogP contribution in [0, 0.1) is 0 Å². The van der Waals surface area contributed by atoms with Gasteiger partial charge in [-0.05, 0) is 30.3 Å². The summed E-state index contributed by atoms with van der Waals surface area (Å²) >= 11 is 0. The van der Waals surface area contributed by atoms with Gasteiger partial charge in [0.25, 0.3) is 6.43 Å². The Kier molecular flexibility index (Phi) is 3.32. The zero-order valence-corrected chi connectivity index (χ0v) is 9.18. The fourth-order valence-electron chi connectivity index (χ4n) is 1.51. The number of hydrogen-bond donors (Lipinski definition) is 1. The summed E-state index contributed by atoms with van der Waals surface area (Å²) in [5.41, 5.74) is -0.391. The molecular formula is C13H9F2NO2. The van der Waals surface area contributed by atoms with E-state index in [1.54, 1.807) is 12.1 Å². The average Bonchev–Trinajstić information content (AvgIpc) is 2.39. The number of phenolic OH excluding ortho intramolecular Hbond substituents is 1. The largest absolute Gasteiger partial charge is 0.507 e. The maximum absolute atomic E-state index is 12.5. The molecule has 92 valence electrons. The fourth-order valence-corrected chi connectivity index (χ4v) is 1.51. The van der Waals surface area contributed by atoms with Gasteiger partial charge in [0.1, 0.15) is 11.4 Å². The zero-order valence-electron chi connectivity index (χ0n) is 9.18. The monoisotopic (exact) mass is 249 g/mol. The van der Waals surface area contributed by atoms with Crippen LogP contribution >= 0.6 is 0 Å². The fraction of sp³-hybridized carbons (Fsp3) is 0.0769. The van der Waals surface area contributed by atoms with E-state index in [0.29, 0.717) is 0 Å². The molecule has 1 aromatic heterocycles. The molecule has 0 saturated carbocycles. The molecule has 0 aliphatic rings. The predicted octanol–water partition coefficient (Wildman–Crippen LogP) is 2.96. The first kappa shape index (κ1) is 12.2. The molecule has 1 heterocycles. The van der Waals surface area contributed by atoms with E-state index in [0.717, 1.165) is 18.2 Å². The summed E-state index contributed by atoms with van der Waals surface area (Å²) in [6, 6.07) is 7.83. The minimum Gasteiger partial charge on any atom is -0.507 e. The Hall–Kier alpha value is -2.30. The number of hydrogen-bond acceptors (Lipinski definition) is 3. The number of carbonyl (C=O) groups is 1. The second-order valence-corrected chi connectivity index (χ2v) is 3.62. The maximum atomic E-state index is 12.5. The number of pyridine rings is 1. The second kappa shape index (κ2) is 4.91. The highest BCUT2D eigenvalue weighted by molar-refractivity contribution is 6.09. The molecule has 1 aromatic carbocycles. The number of ketones is 1. The Morgan fingerprint density at radius 3 is 2.61 bits per heavy atom. The van der Waals surface area contributed by atoms with Crippen LogP contribution in [0.4, 0.5) is 8.78 Å². The molecule has 2 aromatic rings. The lowest BCUT2D eigenvalue weighted by Crippen LogP contribution is -2.04. The molecule has 0 bridgehead atoms. The van der Waals surface area contributed by atoms with Gasteiger partial charge in [-0.3, -0.25) is 9.78 Å². The lowest BCUT2D eigenvalue weighted by atomic mass is 10.0. The van der Waals surface area contributed by atoms with E-state index < -0.39 is 12.2 Å². The molecule has 5 heteroatoms. The number of benzene rings is 1. The first-order chi connectivity index (χ1) is 8.59. The van der Waals surface area contributed by atoms with Gasteiger partial charge in [0.2, 0.25) is 5.78 Å². The summed E-state index contributed by atoms with van der Waals surface area (Å²) in [6.45, 7) is 0. The van der Waals surface area contributed by atoms with E-state index in [4.69, 9.17) is 0 Å². The third-order valence-corrected chi connectivity index (χ3v) is 2.41. The van der Waals surface area contributed by atoms with Gasteiger partial charge < -0.3 is 5.11 Å². The van der Waals surface area contributed by atoms with Gasteiger partial charge in [-0.2, -0.15) is 0 Å². The normalized spacial score (nSPS) is 10.6. The Labute approximate surface area is 102 Å². The predicted molar refractivity (Wildman–Crippen MR) is 60.7 cm³/mol. The van der Waals surface area contributed by atoms with Crippen molar-refractivity contribution in [2.45, 2.75) is 6.43 Å². The van der Waals surface area contributed by atoms with Crippen LogP contribution < -0.4 is 0 Å². The van der Waals surface area contributed by atoms with E-state index >= 15 is 0 Å². The number of aromatic nitrogens is 1. The molecule has 0 saturated heterocycles. The molecule has 0 aliphatic carbocycles. The molecule has 0 aliphatic heterocycles. The highest BCUT2D eigenvalue weighted by Gasteiger charge is 2.17. The number of aromatic hydroxyl groups is 1. The lowest BCUT2D eigenvalue weighted by molar-refractivity contribution is 0.103. The van der Waals surface area contributed by atoms with Crippen LogP contribution in [0.2, 0.25) is 0 Å². The molecular weight excluding hydrogens is 240 g/mol. The van der Waals surface area contributed by atoms with Gasteiger partial charge in [0.15, 0.2) is 0 Å². The van der Waals surface area contributed by atoms with Gasteiger partial charge in [0.05, 0.1) is 5.56 Å². The van der Waals surface area contributed by atoms with E-state index in [1.807, 2.05) is 0 Å². The smallest absolute Gasteiger partial charge is 0.263 e.